The summed E-state index contributed by atoms with van der Waals surface area (Å²) in [5, 5.41) is 23.1. The second-order valence-electron chi connectivity index (χ2n) is 4.74. The molecule has 0 aliphatic rings. The van der Waals surface area contributed by atoms with Crippen LogP contribution in [0.1, 0.15) is 27.3 Å². The van der Waals surface area contributed by atoms with Crippen LogP contribution in [-0.4, -0.2) is 42.5 Å². The molecule has 0 bridgehead atoms. The third-order valence-electron chi connectivity index (χ3n) is 3.22. The lowest BCUT2D eigenvalue weighted by atomic mass is 10.2. The highest BCUT2D eigenvalue weighted by Crippen LogP contribution is 2.10. The van der Waals surface area contributed by atoms with Gasteiger partial charge in [0.25, 0.3) is 5.91 Å². The van der Waals surface area contributed by atoms with Crippen molar-refractivity contribution < 1.29 is 14.5 Å². The Hall–Kier alpha value is -2.81. The van der Waals surface area contributed by atoms with Gasteiger partial charge in [-0.15, -0.1) is 0 Å². The lowest BCUT2D eigenvalue weighted by molar-refractivity contribution is 0.0951. The summed E-state index contributed by atoms with van der Waals surface area (Å²) in [6, 6.07) is 0. The molecule has 3 aromatic heterocycles. The maximum atomic E-state index is 12.2. The third kappa shape index (κ3) is 2.66. The van der Waals surface area contributed by atoms with Gasteiger partial charge in [-0.1, -0.05) is 10.3 Å². The molecule has 0 aliphatic carbocycles. The van der Waals surface area contributed by atoms with Crippen LogP contribution < -0.4 is 5.32 Å². The fourth-order valence-corrected chi connectivity index (χ4v) is 2.00. The largest absolute Gasteiger partial charge is 0.396 e. The molecule has 3 aromatic rings. The number of nitrogens with one attached hydrogen (secondary N) is 1. The summed E-state index contributed by atoms with van der Waals surface area (Å²) in [7, 11) is 0. The highest BCUT2D eigenvalue weighted by atomic mass is 16.6. The number of aromatic nitrogens is 5. The highest BCUT2D eigenvalue weighted by Gasteiger charge is 2.15. The first kappa shape index (κ1) is 14.1. The average molecular weight is 302 g/mol. The van der Waals surface area contributed by atoms with Gasteiger partial charge in [0.05, 0.1) is 12.7 Å². The number of hydrogen-bond acceptors (Lipinski definition) is 7. The van der Waals surface area contributed by atoms with E-state index in [1.54, 1.807) is 19.3 Å². The van der Waals surface area contributed by atoms with Crippen molar-refractivity contribution in [1.29, 1.82) is 0 Å². The minimum atomic E-state index is -0.306. The van der Waals surface area contributed by atoms with Crippen molar-refractivity contribution in [2.24, 2.45) is 0 Å². The number of nitrogens with zero attached hydrogens (tertiary/aromatic N) is 5. The highest BCUT2D eigenvalue weighted by molar-refractivity contribution is 5.99. The van der Waals surface area contributed by atoms with Crippen LogP contribution in [-0.2, 0) is 13.0 Å². The van der Waals surface area contributed by atoms with Crippen molar-refractivity contribution in [3.8, 4) is 0 Å². The summed E-state index contributed by atoms with van der Waals surface area (Å²) in [6.45, 7) is 2.00. The molecule has 0 spiro atoms. The Morgan fingerprint density at radius 2 is 2.27 bits per heavy atom. The fraction of sp³-hybridized carbons (Fsp3) is 0.308. The molecule has 9 nitrogen and oxygen atoms in total. The van der Waals surface area contributed by atoms with Gasteiger partial charge in [0.15, 0.2) is 5.65 Å². The Morgan fingerprint density at radius 3 is 3.00 bits per heavy atom. The van der Waals surface area contributed by atoms with Gasteiger partial charge in [0, 0.05) is 19.0 Å². The molecule has 0 fully saturated rings. The van der Waals surface area contributed by atoms with Crippen molar-refractivity contribution in [1.82, 2.24) is 30.2 Å². The molecule has 1 amide bonds. The smallest absolute Gasteiger partial charge is 0.257 e. The molecule has 0 saturated heterocycles. The Balaban J connectivity index is 1.78. The number of carbonyl (C=O) groups is 1. The molecular formula is C13H14N6O3. The second kappa shape index (κ2) is 5.90. The number of aliphatic hydroxyl groups is 1. The van der Waals surface area contributed by atoms with E-state index in [0.29, 0.717) is 29.0 Å². The van der Waals surface area contributed by atoms with Gasteiger partial charge in [-0.3, -0.25) is 4.79 Å². The standard InChI is InChI=1S/C13H14N6O3/c1-8-11(18-22-17-8)6-15-13(21)10-5-16-19-7-9(2-3-20)4-14-12(10)19/h4-5,7,20H,2-3,6H2,1H3,(H,15,21). The minimum Gasteiger partial charge on any atom is -0.396 e. The predicted octanol–water partition coefficient (Wildman–Crippen LogP) is -0.114. The molecular weight excluding hydrogens is 288 g/mol. The first-order valence-corrected chi connectivity index (χ1v) is 6.68. The molecule has 114 valence electrons. The Kier molecular flexibility index (Phi) is 3.79. The SMILES string of the molecule is Cc1nonc1CNC(=O)c1cnn2cc(CCO)cnc12. The number of rotatable bonds is 5. The van der Waals surface area contributed by atoms with Crippen LogP contribution in [0.4, 0.5) is 0 Å². The van der Waals surface area contributed by atoms with Gasteiger partial charge in [-0.2, -0.15) is 5.10 Å². The number of amides is 1. The predicted molar refractivity (Wildman–Crippen MR) is 74.0 cm³/mol. The van der Waals surface area contributed by atoms with Gasteiger partial charge in [0.2, 0.25) is 0 Å². The molecule has 3 rings (SSSR count). The van der Waals surface area contributed by atoms with Crippen LogP contribution in [0.25, 0.3) is 5.65 Å². The Bertz CT molecular complexity index is 809. The maximum absolute atomic E-state index is 12.2. The van der Waals surface area contributed by atoms with E-state index >= 15 is 0 Å². The minimum absolute atomic E-state index is 0.0346. The van der Waals surface area contributed by atoms with E-state index in [0.717, 1.165) is 5.56 Å². The summed E-state index contributed by atoms with van der Waals surface area (Å²) in [6.07, 6.45) is 5.30. The maximum Gasteiger partial charge on any atom is 0.257 e. The van der Waals surface area contributed by atoms with Crippen LogP contribution >= 0.6 is 0 Å². The monoisotopic (exact) mass is 302 g/mol. The van der Waals surface area contributed by atoms with Crippen molar-refractivity contribution in [2.75, 3.05) is 6.61 Å². The normalized spacial score (nSPS) is 11.0. The first-order valence-electron chi connectivity index (χ1n) is 6.68. The third-order valence-corrected chi connectivity index (χ3v) is 3.22. The van der Waals surface area contributed by atoms with Crippen LogP contribution in [0.5, 0.6) is 0 Å². The zero-order chi connectivity index (χ0) is 15.5. The topological polar surface area (TPSA) is 118 Å². The molecule has 3 heterocycles. The van der Waals surface area contributed by atoms with Gasteiger partial charge < -0.3 is 10.4 Å². The molecule has 0 aliphatic heterocycles. The Morgan fingerprint density at radius 1 is 1.41 bits per heavy atom. The summed E-state index contributed by atoms with van der Waals surface area (Å²) in [5.74, 6) is -0.306. The summed E-state index contributed by atoms with van der Waals surface area (Å²) < 4.78 is 6.09. The molecule has 2 N–H and O–H groups in total. The molecule has 0 radical (unpaired) electrons. The molecule has 0 atom stereocenters. The molecule has 0 aromatic carbocycles. The van der Waals surface area contributed by atoms with E-state index in [2.05, 4.69) is 30.3 Å². The summed E-state index contributed by atoms with van der Waals surface area (Å²) in [4.78, 5) is 16.4. The van der Waals surface area contributed by atoms with E-state index in [4.69, 9.17) is 5.11 Å². The molecule has 0 unspecified atom stereocenters. The number of hydrogen-bond donors (Lipinski definition) is 2. The van der Waals surface area contributed by atoms with Crippen molar-refractivity contribution >= 4 is 11.6 Å². The fourth-order valence-electron chi connectivity index (χ4n) is 2.00. The molecule has 0 saturated carbocycles. The van der Waals surface area contributed by atoms with Crippen LogP contribution in [0.3, 0.4) is 0 Å². The molecule has 9 heteroatoms. The van der Waals surface area contributed by atoms with Crippen molar-refractivity contribution in [3.63, 3.8) is 0 Å². The first-order chi connectivity index (χ1) is 10.7. The van der Waals surface area contributed by atoms with Crippen LogP contribution in [0.2, 0.25) is 0 Å². The number of aryl methyl sites for hydroxylation is 1. The lowest BCUT2D eigenvalue weighted by Gasteiger charge is -2.02. The van der Waals surface area contributed by atoms with Gasteiger partial charge in [-0.05, 0) is 18.9 Å². The second-order valence-corrected chi connectivity index (χ2v) is 4.74. The summed E-state index contributed by atoms with van der Waals surface area (Å²) in [5.41, 5.74) is 2.86. The van der Waals surface area contributed by atoms with Crippen molar-refractivity contribution in [3.05, 3.63) is 41.1 Å². The van der Waals surface area contributed by atoms with E-state index in [-0.39, 0.29) is 19.1 Å². The number of carbonyl (C=O) groups excluding carboxylic acids is 1. The summed E-state index contributed by atoms with van der Waals surface area (Å²) >= 11 is 0. The Labute approximate surface area is 124 Å². The van der Waals surface area contributed by atoms with Gasteiger partial charge >= 0.3 is 0 Å². The lowest BCUT2D eigenvalue weighted by Crippen LogP contribution is -2.23. The van der Waals surface area contributed by atoms with E-state index < -0.39 is 0 Å². The van der Waals surface area contributed by atoms with Crippen LogP contribution in [0.15, 0.2) is 23.2 Å². The number of aliphatic hydroxyl groups excluding tert-OH is 1. The van der Waals surface area contributed by atoms with Gasteiger partial charge in [0.1, 0.15) is 17.0 Å². The van der Waals surface area contributed by atoms with Gasteiger partial charge in [-0.25, -0.2) is 14.1 Å². The zero-order valence-corrected chi connectivity index (χ0v) is 11.9. The molecule has 22 heavy (non-hydrogen) atoms. The average Bonchev–Trinajstić information content (AvgIpc) is 3.11. The van der Waals surface area contributed by atoms with Crippen LogP contribution in [0, 0.1) is 6.92 Å². The van der Waals surface area contributed by atoms with E-state index in [1.165, 1.54) is 10.7 Å². The number of fused-ring (bicyclic) bond motifs is 1. The zero-order valence-electron chi connectivity index (χ0n) is 11.9. The van der Waals surface area contributed by atoms with E-state index in [9.17, 15) is 4.79 Å². The quantitative estimate of drug-likeness (QED) is 0.674. The van der Waals surface area contributed by atoms with Crippen molar-refractivity contribution in [2.45, 2.75) is 19.9 Å². The van der Waals surface area contributed by atoms with E-state index in [1.807, 2.05) is 0 Å².